The standard InChI is InChI=1S/C23H26N4O4S2/c1-16-9-10-18(12-21(16)33(24,29)30)26-22(28)15-32-23-25-13-20(17-6-3-2-4-7-17)27(23)14-19-8-5-11-31-19/h2-4,6-7,9-10,12-13,19H,5,8,11,14-15H2,1H3,(H,26,28)(H2,24,29,30). The summed E-state index contributed by atoms with van der Waals surface area (Å²) in [5.74, 6) is -0.146. The molecule has 3 N–H and O–H groups in total. The number of nitrogens with two attached hydrogens (primary N) is 1. The van der Waals surface area contributed by atoms with Crippen LogP contribution >= 0.6 is 11.8 Å². The minimum atomic E-state index is -3.87. The highest BCUT2D eigenvalue weighted by atomic mass is 32.2. The van der Waals surface area contributed by atoms with Crippen LogP contribution in [0.4, 0.5) is 5.69 Å². The predicted octanol–water partition coefficient (Wildman–Crippen LogP) is 3.42. The average Bonchev–Trinajstić information content (AvgIpc) is 3.44. The second-order valence-electron chi connectivity index (χ2n) is 7.90. The number of carbonyl (C=O) groups is 1. The lowest BCUT2D eigenvalue weighted by molar-refractivity contribution is -0.113. The number of anilines is 1. The molecule has 0 aliphatic carbocycles. The largest absolute Gasteiger partial charge is 0.376 e. The van der Waals surface area contributed by atoms with Crippen LogP contribution in [0.3, 0.4) is 0 Å². The van der Waals surface area contributed by atoms with Crippen LogP contribution in [0.5, 0.6) is 0 Å². The number of benzene rings is 2. The number of nitrogens with one attached hydrogen (secondary N) is 1. The number of amides is 1. The van der Waals surface area contributed by atoms with Crippen molar-refractivity contribution in [1.29, 1.82) is 0 Å². The number of aromatic nitrogens is 2. The van der Waals surface area contributed by atoms with E-state index in [1.807, 2.05) is 36.5 Å². The molecule has 0 spiro atoms. The van der Waals surface area contributed by atoms with Gasteiger partial charge in [-0.05, 0) is 43.0 Å². The molecule has 0 radical (unpaired) electrons. The number of hydrogen-bond donors (Lipinski definition) is 2. The van der Waals surface area contributed by atoms with Crippen molar-refractivity contribution in [3.05, 3.63) is 60.3 Å². The fraction of sp³-hybridized carbons (Fsp3) is 0.304. The Balaban J connectivity index is 1.49. The van der Waals surface area contributed by atoms with Gasteiger partial charge >= 0.3 is 0 Å². The molecule has 1 aliphatic rings. The van der Waals surface area contributed by atoms with E-state index in [0.717, 1.165) is 35.9 Å². The number of sulfonamides is 1. The van der Waals surface area contributed by atoms with E-state index in [1.54, 1.807) is 19.1 Å². The van der Waals surface area contributed by atoms with Crippen molar-refractivity contribution in [1.82, 2.24) is 9.55 Å². The first-order valence-corrected chi connectivity index (χ1v) is 13.1. The summed E-state index contributed by atoms with van der Waals surface area (Å²) in [6.45, 7) is 3.09. The van der Waals surface area contributed by atoms with Crippen molar-refractivity contribution in [2.24, 2.45) is 5.14 Å². The number of nitrogens with zero attached hydrogens (tertiary/aromatic N) is 2. The quantitative estimate of drug-likeness (QED) is 0.471. The maximum absolute atomic E-state index is 12.6. The minimum Gasteiger partial charge on any atom is -0.376 e. The number of rotatable bonds is 8. The van der Waals surface area contributed by atoms with E-state index in [9.17, 15) is 13.2 Å². The Morgan fingerprint density at radius 2 is 2.06 bits per heavy atom. The predicted molar refractivity (Wildman–Crippen MR) is 129 cm³/mol. The number of imidazole rings is 1. The Morgan fingerprint density at radius 1 is 1.27 bits per heavy atom. The van der Waals surface area contributed by atoms with E-state index in [2.05, 4.69) is 14.9 Å². The molecule has 1 atom stereocenters. The minimum absolute atomic E-state index is 0.00689. The van der Waals surface area contributed by atoms with Gasteiger partial charge in [0.05, 0.1) is 35.2 Å². The molecule has 3 aromatic rings. The number of aryl methyl sites for hydroxylation is 1. The highest BCUT2D eigenvalue weighted by Crippen LogP contribution is 2.28. The Bertz CT molecular complexity index is 1240. The first kappa shape index (κ1) is 23.5. The molecule has 0 bridgehead atoms. The van der Waals surface area contributed by atoms with Gasteiger partial charge in [0.2, 0.25) is 15.9 Å². The molecule has 1 fully saturated rings. The molecule has 33 heavy (non-hydrogen) atoms. The molecular formula is C23H26N4O4S2. The Hall–Kier alpha value is -2.66. The molecule has 8 nitrogen and oxygen atoms in total. The fourth-order valence-corrected chi connectivity index (χ4v) is 5.39. The average molecular weight is 487 g/mol. The fourth-order valence-electron chi connectivity index (χ4n) is 3.79. The van der Waals surface area contributed by atoms with E-state index >= 15 is 0 Å². The van der Waals surface area contributed by atoms with Crippen molar-refractivity contribution in [3.8, 4) is 11.3 Å². The summed E-state index contributed by atoms with van der Waals surface area (Å²) >= 11 is 1.33. The van der Waals surface area contributed by atoms with Crippen LogP contribution in [0, 0.1) is 6.92 Å². The van der Waals surface area contributed by atoms with Gasteiger partial charge in [-0.15, -0.1) is 0 Å². The maximum Gasteiger partial charge on any atom is 0.238 e. The first-order valence-electron chi connectivity index (χ1n) is 10.6. The zero-order chi connectivity index (χ0) is 23.4. The van der Waals surface area contributed by atoms with E-state index in [-0.39, 0.29) is 22.7 Å². The van der Waals surface area contributed by atoms with Crippen LogP contribution in [0.15, 0.2) is 64.8 Å². The molecule has 2 aromatic carbocycles. The third-order valence-corrected chi connectivity index (χ3v) is 7.45. The lowest BCUT2D eigenvalue weighted by Crippen LogP contribution is -2.18. The third kappa shape index (κ3) is 5.83. The molecule has 1 aliphatic heterocycles. The van der Waals surface area contributed by atoms with Crippen LogP contribution < -0.4 is 10.5 Å². The summed E-state index contributed by atoms with van der Waals surface area (Å²) in [4.78, 5) is 17.1. The number of carbonyl (C=O) groups excluding carboxylic acids is 1. The maximum atomic E-state index is 12.6. The highest BCUT2D eigenvalue weighted by Gasteiger charge is 2.21. The summed E-state index contributed by atoms with van der Waals surface area (Å²) in [5, 5.41) is 8.73. The van der Waals surface area contributed by atoms with Gasteiger partial charge in [-0.2, -0.15) is 0 Å². The molecular weight excluding hydrogens is 460 g/mol. The Morgan fingerprint density at radius 3 is 2.76 bits per heavy atom. The smallest absolute Gasteiger partial charge is 0.238 e. The van der Waals surface area contributed by atoms with Gasteiger partial charge in [0, 0.05) is 12.3 Å². The molecule has 174 valence electrons. The summed E-state index contributed by atoms with van der Waals surface area (Å²) < 4.78 is 31.4. The highest BCUT2D eigenvalue weighted by molar-refractivity contribution is 7.99. The normalized spacial score (nSPS) is 16.1. The van der Waals surface area contributed by atoms with Gasteiger partial charge in [0.25, 0.3) is 0 Å². The zero-order valence-corrected chi connectivity index (χ0v) is 19.9. The SMILES string of the molecule is Cc1ccc(NC(=O)CSc2ncc(-c3ccccc3)n2CC2CCCO2)cc1S(N)(=O)=O. The third-order valence-electron chi connectivity index (χ3n) is 5.41. The van der Waals surface area contributed by atoms with E-state index in [0.29, 0.717) is 17.8 Å². The van der Waals surface area contributed by atoms with Crippen LogP contribution in [0.2, 0.25) is 0 Å². The molecule has 1 aromatic heterocycles. The second-order valence-corrected chi connectivity index (χ2v) is 10.4. The molecule has 1 saturated heterocycles. The van der Waals surface area contributed by atoms with Gasteiger partial charge in [-0.25, -0.2) is 18.5 Å². The number of primary sulfonamides is 1. The number of ether oxygens (including phenoxy) is 1. The molecule has 4 rings (SSSR count). The summed E-state index contributed by atoms with van der Waals surface area (Å²) in [7, 11) is -3.87. The van der Waals surface area contributed by atoms with E-state index in [1.165, 1.54) is 17.8 Å². The van der Waals surface area contributed by atoms with Gasteiger partial charge in [0.1, 0.15) is 0 Å². The van der Waals surface area contributed by atoms with Crippen molar-refractivity contribution in [2.45, 2.75) is 42.5 Å². The molecule has 1 amide bonds. The van der Waals surface area contributed by atoms with Crippen LogP contribution in [-0.2, 0) is 26.1 Å². The van der Waals surface area contributed by atoms with E-state index < -0.39 is 10.0 Å². The van der Waals surface area contributed by atoms with E-state index in [4.69, 9.17) is 9.88 Å². The van der Waals surface area contributed by atoms with Crippen molar-refractivity contribution < 1.29 is 17.9 Å². The topological polar surface area (TPSA) is 116 Å². The van der Waals surface area contributed by atoms with Crippen molar-refractivity contribution in [2.75, 3.05) is 17.7 Å². The monoisotopic (exact) mass is 486 g/mol. The molecule has 1 unspecified atom stereocenters. The summed E-state index contributed by atoms with van der Waals surface area (Å²) in [5.41, 5.74) is 2.93. The lowest BCUT2D eigenvalue weighted by atomic mass is 10.1. The van der Waals surface area contributed by atoms with Gasteiger partial charge < -0.3 is 14.6 Å². The van der Waals surface area contributed by atoms with Crippen LogP contribution in [-0.4, -0.2) is 42.3 Å². The van der Waals surface area contributed by atoms with Crippen molar-refractivity contribution in [3.63, 3.8) is 0 Å². The van der Waals surface area contributed by atoms with Gasteiger partial charge in [0.15, 0.2) is 5.16 Å². The van der Waals surface area contributed by atoms with Gasteiger partial charge in [-0.3, -0.25) is 4.79 Å². The lowest BCUT2D eigenvalue weighted by Gasteiger charge is -2.16. The number of hydrogen-bond acceptors (Lipinski definition) is 6. The first-order chi connectivity index (χ1) is 15.8. The van der Waals surface area contributed by atoms with Crippen LogP contribution in [0.1, 0.15) is 18.4 Å². The Kier molecular flexibility index (Phi) is 7.18. The zero-order valence-electron chi connectivity index (χ0n) is 18.2. The molecule has 0 saturated carbocycles. The Labute approximate surface area is 197 Å². The summed E-state index contributed by atoms with van der Waals surface area (Å²) in [6, 6.07) is 14.6. The van der Waals surface area contributed by atoms with Gasteiger partial charge in [-0.1, -0.05) is 48.2 Å². The molecule has 10 heteroatoms. The van der Waals surface area contributed by atoms with Crippen molar-refractivity contribution >= 4 is 33.4 Å². The second kappa shape index (κ2) is 10.1. The molecule has 2 heterocycles. The summed E-state index contributed by atoms with van der Waals surface area (Å²) in [6.07, 6.45) is 3.99. The number of thioether (sulfide) groups is 1. The van der Waals surface area contributed by atoms with Crippen LogP contribution in [0.25, 0.3) is 11.3 Å².